The van der Waals surface area contributed by atoms with Crippen LogP contribution in [-0.4, -0.2) is 11.1 Å². The number of carboxylic acids is 1. The van der Waals surface area contributed by atoms with E-state index in [1.807, 2.05) is 0 Å². The third-order valence-electron chi connectivity index (χ3n) is 2.12. The molecule has 1 rings (SSSR count). The fourth-order valence-corrected chi connectivity index (χ4v) is 1.29. The summed E-state index contributed by atoms with van der Waals surface area (Å²) in [4.78, 5) is 10.2. The van der Waals surface area contributed by atoms with Crippen molar-refractivity contribution in [3.8, 4) is 0 Å². The van der Waals surface area contributed by atoms with Gasteiger partial charge in [0.25, 0.3) is 0 Å². The van der Waals surface area contributed by atoms with E-state index >= 15 is 0 Å². The van der Waals surface area contributed by atoms with E-state index in [0.717, 1.165) is 0 Å². The van der Waals surface area contributed by atoms with Gasteiger partial charge < -0.3 is 5.11 Å². The Morgan fingerprint density at radius 3 is 1.71 bits per heavy atom. The number of rotatable bonds is 4. The highest BCUT2D eigenvalue weighted by atomic mass is 19.2. The molecular formula is C10H7F5O2. The van der Waals surface area contributed by atoms with Crippen LogP contribution < -0.4 is 0 Å². The van der Waals surface area contributed by atoms with E-state index < -0.39 is 53.5 Å². The summed E-state index contributed by atoms with van der Waals surface area (Å²) in [5, 5.41) is 8.29. The fourth-order valence-electron chi connectivity index (χ4n) is 1.29. The topological polar surface area (TPSA) is 37.3 Å². The molecule has 0 spiro atoms. The average molecular weight is 254 g/mol. The standard InChI is InChI=1S/C10H7F5O2/c11-6-4(2-1-3-5(16)17)7(12)9(14)10(15)8(6)13/h1-3H2,(H,16,17). The Hall–Kier alpha value is -1.66. The highest BCUT2D eigenvalue weighted by Crippen LogP contribution is 2.24. The van der Waals surface area contributed by atoms with Crippen molar-refractivity contribution in [2.75, 3.05) is 0 Å². The molecule has 0 heterocycles. The van der Waals surface area contributed by atoms with E-state index in [-0.39, 0.29) is 6.42 Å². The Labute approximate surface area is 92.7 Å². The maximum absolute atomic E-state index is 13.1. The molecule has 7 heteroatoms. The monoisotopic (exact) mass is 254 g/mol. The molecule has 0 aliphatic carbocycles. The van der Waals surface area contributed by atoms with E-state index in [0.29, 0.717) is 0 Å². The first-order valence-electron chi connectivity index (χ1n) is 4.58. The quantitative estimate of drug-likeness (QED) is 0.509. The van der Waals surface area contributed by atoms with Crippen LogP contribution in [0.15, 0.2) is 0 Å². The van der Waals surface area contributed by atoms with E-state index in [9.17, 15) is 26.7 Å². The van der Waals surface area contributed by atoms with Gasteiger partial charge in [-0.1, -0.05) is 0 Å². The number of benzene rings is 1. The van der Waals surface area contributed by atoms with Crippen LogP contribution in [-0.2, 0) is 11.2 Å². The van der Waals surface area contributed by atoms with Gasteiger partial charge in [-0.15, -0.1) is 0 Å². The Balaban J connectivity index is 3.03. The molecule has 0 aromatic heterocycles. The number of hydrogen-bond donors (Lipinski definition) is 1. The van der Waals surface area contributed by atoms with Crippen LogP contribution in [0.5, 0.6) is 0 Å². The molecular weight excluding hydrogens is 247 g/mol. The van der Waals surface area contributed by atoms with Gasteiger partial charge in [-0.25, -0.2) is 22.0 Å². The molecule has 94 valence electrons. The van der Waals surface area contributed by atoms with Crippen LogP contribution in [0.1, 0.15) is 18.4 Å². The van der Waals surface area contributed by atoms with Crippen LogP contribution in [0.2, 0.25) is 0 Å². The fraction of sp³-hybridized carbons (Fsp3) is 0.300. The lowest BCUT2D eigenvalue weighted by atomic mass is 10.1. The zero-order valence-corrected chi connectivity index (χ0v) is 8.37. The van der Waals surface area contributed by atoms with Crippen LogP contribution in [0.25, 0.3) is 0 Å². The number of carboxylic acid groups (broad SMARTS) is 1. The second-order valence-electron chi connectivity index (χ2n) is 3.30. The van der Waals surface area contributed by atoms with Gasteiger partial charge in [-0.2, -0.15) is 0 Å². The van der Waals surface area contributed by atoms with Gasteiger partial charge in [0.15, 0.2) is 23.3 Å². The molecule has 0 bridgehead atoms. The first kappa shape index (κ1) is 13.4. The van der Waals surface area contributed by atoms with Gasteiger partial charge in [-0.3, -0.25) is 4.79 Å². The zero-order chi connectivity index (χ0) is 13.2. The first-order valence-corrected chi connectivity index (χ1v) is 4.58. The van der Waals surface area contributed by atoms with Gasteiger partial charge >= 0.3 is 5.97 Å². The van der Waals surface area contributed by atoms with Crippen molar-refractivity contribution in [3.05, 3.63) is 34.6 Å². The molecule has 0 aliphatic rings. The van der Waals surface area contributed by atoms with Gasteiger partial charge in [0.2, 0.25) is 5.82 Å². The maximum Gasteiger partial charge on any atom is 0.303 e. The Morgan fingerprint density at radius 1 is 0.882 bits per heavy atom. The lowest BCUT2D eigenvalue weighted by Crippen LogP contribution is -2.08. The smallest absolute Gasteiger partial charge is 0.303 e. The van der Waals surface area contributed by atoms with E-state index in [2.05, 4.69) is 0 Å². The first-order chi connectivity index (χ1) is 7.86. The summed E-state index contributed by atoms with van der Waals surface area (Å²) < 4.78 is 64.2. The van der Waals surface area contributed by atoms with E-state index in [1.165, 1.54) is 0 Å². The predicted molar refractivity (Wildman–Crippen MR) is 46.8 cm³/mol. The summed E-state index contributed by atoms with van der Waals surface area (Å²) in [5.41, 5.74) is -0.984. The number of halogens is 5. The van der Waals surface area contributed by atoms with E-state index in [4.69, 9.17) is 5.11 Å². The SMILES string of the molecule is O=C(O)CCCc1c(F)c(F)c(F)c(F)c1F. The third-order valence-corrected chi connectivity index (χ3v) is 2.12. The minimum atomic E-state index is -2.22. The molecule has 0 amide bonds. The normalized spacial score (nSPS) is 10.6. The molecule has 0 aliphatic heterocycles. The molecule has 0 saturated carbocycles. The van der Waals surface area contributed by atoms with Crippen molar-refractivity contribution in [1.29, 1.82) is 0 Å². The van der Waals surface area contributed by atoms with Crippen LogP contribution >= 0.6 is 0 Å². The van der Waals surface area contributed by atoms with Gasteiger partial charge in [0.05, 0.1) is 0 Å². The lowest BCUT2D eigenvalue weighted by Gasteiger charge is -2.07. The second-order valence-corrected chi connectivity index (χ2v) is 3.30. The van der Waals surface area contributed by atoms with Gasteiger partial charge in [0, 0.05) is 12.0 Å². The molecule has 0 fully saturated rings. The average Bonchev–Trinajstić information content (AvgIpc) is 2.28. The van der Waals surface area contributed by atoms with Crippen LogP contribution in [0, 0.1) is 29.1 Å². The molecule has 1 N–H and O–H groups in total. The Kier molecular flexibility index (Phi) is 4.03. The molecule has 2 nitrogen and oxygen atoms in total. The number of hydrogen-bond acceptors (Lipinski definition) is 1. The molecule has 0 unspecified atom stereocenters. The summed E-state index contributed by atoms with van der Waals surface area (Å²) in [5.74, 6) is -11.3. The molecule has 0 atom stereocenters. The molecule has 0 radical (unpaired) electrons. The summed E-state index contributed by atoms with van der Waals surface area (Å²) in [7, 11) is 0. The van der Waals surface area contributed by atoms with Crippen molar-refractivity contribution in [2.24, 2.45) is 0 Å². The summed E-state index contributed by atoms with van der Waals surface area (Å²) in [6, 6.07) is 0. The Bertz CT molecular complexity index is 429. The number of aliphatic carboxylic acids is 1. The minimum Gasteiger partial charge on any atom is -0.481 e. The van der Waals surface area contributed by atoms with Gasteiger partial charge in [0.1, 0.15) is 0 Å². The zero-order valence-electron chi connectivity index (χ0n) is 8.37. The highest BCUT2D eigenvalue weighted by Gasteiger charge is 2.25. The largest absolute Gasteiger partial charge is 0.481 e. The number of carbonyl (C=O) groups is 1. The maximum atomic E-state index is 13.1. The molecule has 17 heavy (non-hydrogen) atoms. The van der Waals surface area contributed by atoms with Crippen LogP contribution in [0.4, 0.5) is 22.0 Å². The van der Waals surface area contributed by atoms with Gasteiger partial charge in [-0.05, 0) is 12.8 Å². The van der Waals surface area contributed by atoms with Crippen molar-refractivity contribution < 1.29 is 31.9 Å². The Morgan fingerprint density at radius 2 is 1.29 bits per heavy atom. The summed E-state index contributed by atoms with van der Waals surface area (Å²) in [6.45, 7) is 0. The second kappa shape index (κ2) is 5.11. The van der Waals surface area contributed by atoms with Crippen molar-refractivity contribution in [3.63, 3.8) is 0 Å². The lowest BCUT2D eigenvalue weighted by molar-refractivity contribution is -0.137. The summed E-state index contributed by atoms with van der Waals surface area (Å²) in [6.07, 6.45) is -1.16. The van der Waals surface area contributed by atoms with Crippen molar-refractivity contribution in [1.82, 2.24) is 0 Å². The molecule has 0 saturated heterocycles. The molecule has 1 aromatic rings. The highest BCUT2D eigenvalue weighted by molar-refractivity contribution is 5.66. The minimum absolute atomic E-state index is 0.215. The van der Waals surface area contributed by atoms with Crippen molar-refractivity contribution >= 4 is 5.97 Å². The molecule has 1 aromatic carbocycles. The predicted octanol–water partition coefficient (Wildman–Crippen LogP) is 2.79. The van der Waals surface area contributed by atoms with Crippen molar-refractivity contribution in [2.45, 2.75) is 19.3 Å². The van der Waals surface area contributed by atoms with E-state index in [1.54, 1.807) is 0 Å². The third kappa shape index (κ3) is 2.72. The van der Waals surface area contributed by atoms with Crippen LogP contribution in [0.3, 0.4) is 0 Å². The summed E-state index contributed by atoms with van der Waals surface area (Å²) >= 11 is 0.